The minimum absolute atomic E-state index is 0.401. The summed E-state index contributed by atoms with van der Waals surface area (Å²) in [5.74, 6) is 1.23. The van der Waals surface area contributed by atoms with Gasteiger partial charge in [-0.15, -0.1) is 11.3 Å². The van der Waals surface area contributed by atoms with Crippen LogP contribution < -0.4 is 9.47 Å². The standard InChI is InChI=1S/C15H16N2O2S/c1-3-4-15-17-12(10-20-15)9-19-14-6-11(8-16)5-13(7-14)18-2/h5-7,10H,3-4,9H2,1-2H3. The molecule has 0 bridgehead atoms. The lowest BCUT2D eigenvalue weighted by Gasteiger charge is -2.07. The second-order valence-electron chi connectivity index (χ2n) is 4.28. The van der Waals surface area contributed by atoms with Gasteiger partial charge in [0.25, 0.3) is 0 Å². The molecule has 2 aromatic rings. The number of rotatable bonds is 6. The molecule has 0 aliphatic rings. The van der Waals surface area contributed by atoms with Crippen molar-refractivity contribution < 1.29 is 9.47 Å². The first kappa shape index (κ1) is 14.4. The fourth-order valence-corrected chi connectivity index (χ4v) is 2.62. The molecule has 0 amide bonds. The van der Waals surface area contributed by atoms with Gasteiger partial charge in [0.1, 0.15) is 18.1 Å². The summed E-state index contributed by atoms with van der Waals surface area (Å²) in [4.78, 5) is 4.50. The van der Waals surface area contributed by atoms with Crippen LogP contribution in [0.3, 0.4) is 0 Å². The summed E-state index contributed by atoms with van der Waals surface area (Å²) in [5.41, 5.74) is 1.43. The van der Waals surface area contributed by atoms with Crippen LogP contribution in [-0.2, 0) is 13.0 Å². The third-order valence-corrected chi connectivity index (χ3v) is 3.65. The van der Waals surface area contributed by atoms with E-state index < -0.39 is 0 Å². The van der Waals surface area contributed by atoms with Gasteiger partial charge in [0.2, 0.25) is 0 Å². The lowest BCUT2D eigenvalue weighted by molar-refractivity contribution is 0.299. The van der Waals surface area contributed by atoms with E-state index in [9.17, 15) is 0 Å². The normalized spacial score (nSPS) is 10.1. The maximum absolute atomic E-state index is 8.96. The summed E-state index contributed by atoms with van der Waals surface area (Å²) in [5, 5.41) is 12.1. The van der Waals surface area contributed by atoms with E-state index in [-0.39, 0.29) is 0 Å². The number of aromatic nitrogens is 1. The zero-order valence-electron chi connectivity index (χ0n) is 11.5. The molecule has 0 atom stereocenters. The average molecular weight is 288 g/mol. The first-order valence-corrected chi connectivity index (χ1v) is 7.28. The Bertz CT molecular complexity index is 617. The SMILES string of the molecule is CCCc1nc(COc2cc(C#N)cc(OC)c2)cs1. The summed E-state index contributed by atoms with van der Waals surface area (Å²) in [6, 6.07) is 7.22. The van der Waals surface area contributed by atoms with E-state index in [0.29, 0.717) is 23.7 Å². The fraction of sp³-hybridized carbons (Fsp3) is 0.333. The molecule has 0 aliphatic carbocycles. The molecule has 0 radical (unpaired) electrons. The third-order valence-electron chi connectivity index (χ3n) is 2.69. The summed E-state index contributed by atoms with van der Waals surface area (Å²) in [7, 11) is 1.57. The first-order valence-electron chi connectivity index (χ1n) is 6.40. The van der Waals surface area contributed by atoms with Gasteiger partial charge in [-0.1, -0.05) is 6.92 Å². The number of aryl methyl sites for hydroxylation is 1. The Morgan fingerprint density at radius 3 is 2.80 bits per heavy atom. The number of ether oxygens (including phenoxy) is 2. The van der Waals surface area contributed by atoms with E-state index in [4.69, 9.17) is 14.7 Å². The van der Waals surface area contributed by atoms with Crippen molar-refractivity contribution in [3.8, 4) is 17.6 Å². The number of hydrogen-bond acceptors (Lipinski definition) is 5. The van der Waals surface area contributed by atoms with Gasteiger partial charge in [-0.2, -0.15) is 5.26 Å². The van der Waals surface area contributed by atoms with Crippen LogP contribution >= 0.6 is 11.3 Å². The summed E-state index contributed by atoms with van der Waals surface area (Å²) in [6.45, 7) is 2.54. The second-order valence-corrected chi connectivity index (χ2v) is 5.22. The van der Waals surface area contributed by atoms with Crippen molar-refractivity contribution >= 4 is 11.3 Å². The highest BCUT2D eigenvalue weighted by atomic mass is 32.1. The van der Waals surface area contributed by atoms with Crippen LogP contribution in [0.25, 0.3) is 0 Å². The van der Waals surface area contributed by atoms with Crippen LogP contribution in [0.2, 0.25) is 0 Å². The highest BCUT2D eigenvalue weighted by molar-refractivity contribution is 7.09. The van der Waals surface area contributed by atoms with Gasteiger partial charge in [-0.05, 0) is 25.0 Å². The van der Waals surface area contributed by atoms with Crippen molar-refractivity contribution in [2.24, 2.45) is 0 Å². The molecular formula is C15H16N2O2S. The molecule has 1 aromatic carbocycles. The predicted molar refractivity (Wildman–Crippen MR) is 78.2 cm³/mol. The summed E-state index contributed by atoms with van der Waals surface area (Å²) >= 11 is 1.66. The van der Waals surface area contributed by atoms with Crippen LogP contribution in [0.15, 0.2) is 23.6 Å². The number of methoxy groups -OCH3 is 1. The van der Waals surface area contributed by atoms with Crippen LogP contribution in [0.5, 0.6) is 11.5 Å². The molecule has 0 aliphatic heterocycles. The first-order chi connectivity index (χ1) is 9.75. The monoisotopic (exact) mass is 288 g/mol. The summed E-state index contributed by atoms with van der Waals surface area (Å²) in [6.07, 6.45) is 2.09. The second kappa shape index (κ2) is 6.92. The molecule has 4 nitrogen and oxygen atoms in total. The zero-order chi connectivity index (χ0) is 14.4. The smallest absolute Gasteiger partial charge is 0.131 e. The van der Waals surface area contributed by atoms with E-state index in [0.717, 1.165) is 23.5 Å². The average Bonchev–Trinajstić information content (AvgIpc) is 2.93. The largest absolute Gasteiger partial charge is 0.497 e. The van der Waals surface area contributed by atoms with Gasteiger partial charge in [0, 0.05) is 11.4 Å². The minimum atomic E-state index is 0.401. The molecule has 2 rings (SSSR count). The topological polar surface area (TPSA) is 55.1 Å². The van der Waals surface area contributed by atoms with E-state index in [2.05, 4.69) is 18.0 Å². The van der Waals surface area contributed by atoms with Crippen LogP contribution in [0.4, 0.5) is 0 Å². The van der Waals surface area contributed by atoms with E-state index in [1.54, 1.807) is 36.6 Å². The maximum Gasteiger partial charge on any atom is 0.131 e. The summed E-state index contributed by atoms with van der Waals surface area (Å²) < 4.78 is 10.8. The molecule has 0 unspecified atom stereocenters. The Morgan fingerprint density at radius 2 is 2.10 bits per heavy atom. The molecular weight excluding hydrogens is 272 g/mol. The highest BCUT2D eigenvalue weighted by Gasteiger charge is 2.05. The van der Waals surface area contributed by atoms with Crippen LogP contribution in [-0.4, -0.2) is 12.1 Å². The lowest BCUT2D eigenvalue weighted by Crippen LogP contribution is -1.97. The number of nitriles is 1. The minimum Gasteiger partial charge on any atom is -0.497 e. The number of benzene rings is 1. The molecule has 0 fully saturated rings. The van der Waals surface area contributed by atoms with Crippen molar-refractivity contribution in [2.75, 3.05) is 7.11 Å². The highest BCUT2D eigenvalue weighted by Crippen LogP contribution is 2.23. The Morgan fingerprint density at radius 1 is 1.30 bits per heavy atom. The van der Waals surface area contributed by atoms with E-state index in [1.807, 2.05) is 5.38 Å². The van der Waals surface area contributed by atoms with Gasteiger partial charge in [0.15, 0.2) is 0 Å². The third kappa shape index (κ3) is 3.72. The van der Waals surface area contributed by atoms with E-state index >= 15 is 0 Å². The van der Waals surface area contributed by atoms with Crippen molar-refractivity contribution in [1.29, 1.82) is 5.26 Å². The van der Waals surface area contributed by atoms with Gasteiger partial charge < -0.3 is 9.47 Å². The Labute approximate surface area is 122 Å². The maximum atomic E-state index is 8.96. The Hall–Kier alpha value is -2.06. The molecule has 5 heteroatoms. The van der Waals surface area contributed by atoms with Gasteiger partial charge in [-0.3, -0.25) is 0 Å². The van der Waals surface area contributed by atoms with Crippen molar-refractivity contribution in [2.45, 2.75) is 26.4 Å². The molecule has 20 heavy (non-hydrogen) atoms. The molecule has 1 heterocycles. The quantitative estimate of drug-likeness (QED) is 0.815. The molecule has 0 saturated carbocycles. The lowest BCUT2D eigenvalue weighted by atomic mass is 10.2. The molecule has 0 saturated heterocycles. The van der Waals surface area contributed by atoms with Crippen LogP contribution in [0, 0.1) is 11.3 Å². The van der Waals surface area contributed by atoms with Crippen molar-refractivity contribution in [3.63, 3.8) is 0 Å². The molecule has 0 spiro atoms. The molecule has 0 N–H and O–H groups in total. The van der Waals surface area contributed by atoms with Gasteiger partial charge in [-0.25, -0.2) is 4.98 Å². The number of thiazole rings is 1. The number of nitrogens with zero attached hydrogens (tertiary/aromatic N) is 2. The Balaban J connectivity index is 2.04. The fourth-order valence-electron chi connectivity index (χ4n) is 1.74. The predicted octanol–water partition coefficient (Wildman–Crippen LogP) is 3.55. The van der Waals surface area contributed by atoms with Crippen LogP contribution in [0.1, 0.15) is 29.6 Å². The van der Waals surface area contributed by atoms with Crippen molar-refractivity contribution in [3.05, 3.63) is 39.8 Å². The number of hydrogen-bond donors (Lipinski definition) is 0. The molecule has 104 valence electrons. The van der Waals surface area contributed by atoms with Crippen molar-refractivity contribution in [1.82, 2.24) is 4.98 Å². The van der Waals surface area contributed by atoms with Gasteiger partial charge in [0.05, 0.1) is 29.4 Å². The molecule has 1 aromatic heterocycles. The van der Waals surface area contributed by atoms with E-state index in [1.165, 1.54) is 0 Å². The zero-order valence-corrected chi connectivity index (χ0v) is 12.4. The Kier molecular flexibility index (Phi) is 4.97. The van der Waals surface area contributed by atoms with Gasteiger partial charge >= 0.3 is 0 Å².